The van der Waals surface area contributed by atoms with E-state index in [0.29, 0.717) is 19.7 Å². The number of likely N-dealkylation sites (N-methyl/N-ethyl adjacent to an activating group) is 1. The molecule has 1 fully saturated rings. The van der Waals surface area contributed by atoms with E-state index in [0.717, 1.165) is 5.75 Å². The van der Waals surface area contributed by atoms with Crippen LogP contribution in [0.5, 0.6) is 5.75 Å². The standard InChI is InChI=1S/C13H17NO3/c1-3-14-8-12(17-13(14)15)9-16-11-6-4-10(2)5-7-11/h4-7,12H,3,8-9H2,1-2H3. The smallest absolute Gasteiger partial charge is 0.410 e. The first kappa shape index (κ1) is 11.8. The lowest BCUT2D eigenvalue weighted by Gasteiger charge is -2.11. The van der Waals surface area contributed by atoms with E-state index < -0.39 is 0 Å². The van der Waals surface area contributed by atoms with E-state index in [1.807, 2.05) is 38.1 Å². The molecule has 1 amide bonds. The van der Waals surface area contributed by atoms with Gasteiger partial charge in [-0.3, -0.25) is 0 Å². The fourth-order valence-electron chi connectivity index (χ4n) is 1.74. The van der Waals surface area contributed by atoms with Crippen molar-refractivity contribution in [2.75, 3.05) is 19.7 Å². The maximum Gasteiger partial charge on any atom is 0.410 e. The molecule has 4 heteroatoms. The minimum absolute atomic E-state index is 0.163. The van der Waals surface area contributed by atoms with Gasteiger partial charge in [0.1, 0.15) is 12.4 Å². The number of hydrogen-bond acceptors (Lipinski definition) is 3. The predicted octanol–water partition coefficient (Wildman–Crippen LogP) is 2.21. The molecule has 1 heterocycles. The van der Waals surface area contributed by atoms with Crippen LogP contribution in [0.1, 0.15) is 12.5 Å². The molecule has 1 saturated heterocycles. The minimum atomic E-state index is -0.245. The van der Waals surface area contributed by atoms with Gasteiger partial charge in [0, 0.05) is 6.54 Å². The molecule has 1 unspecified atom stereocenters. The molecule has 1 atom stereocenters. The average Bonchev–Trinajstić information content (AvgIpc) is 2.69. The number of aryl methyl sites for hydroxylation is 1. The van der Waals surface area contributed by atoms with Crippen molar-refractivity contribution >= 4 is 6.09 Å². The zero-order chi connectivity index (χ0) is 12.3. The highest BCUT2D eigenvalue weighted by atomic mass is 16.6. The molecule has 0 N–H and O–H groups in total. The van der Waals surface area contributed by atoms with Gasteiger partial charge < -0.3 is 14.4 Å². The van der Waals surface area contributed by atoms with Crippen molar-refractivity contribution in [3.8, 4) is 5.75 Å². The Morgan fingerprint density at radius 1 is 1.41 bits per heavy atom. The van der Waals surface area contributed by atoms with Crippen molar-refractivity contribution in [3.05, 3.63) is 29.8 Å². The number of cyclic esters (lactones) is 1. The monoisotopic (exact) mass is 235 g/mol. The van der Waals surface area contributed by atoms with Crippen LogP contribution in [0.15, 0.2) is 24.3 Å². The lowest BCUT2D eigenvalue weighted by molar-refractivity contribution is 0.103. The van der Waals surface area contributed by atoms with Gasteiger partial charge in [0.2, 0.25) is 0 Å². The summed E-state index contributed by atoms with van der Waals surface area (Å²) in [6.07, 6.45) is -0.409. The first-order valence-electron chi connectivity index (χ1n) is 5.84. The lowest BCUT2D eigenvalue weighted by Crippen LogP contribution is -2.26. The Morgan fingerprint density at radius 3 is 2.71 bits per heavy atom. The molecule has 0 aromatic heterocycles. The van der Waals surface area contributed by atoms with E-state index in [-0.39, 0.29) is 12.2 Å². The van der Waals surface area contributed by atoms with Gasteiger partial charge in [0.25, 0.3) is 0 Å². The Labute approximate surface area is 101 Å². The van der Waals surface area contributed by atoms with Crippen LogP contribution in [0.25, 0.3) is 0 Å². The maximum atomic E-state index is 11.3. The van der Waals surface area contributed by atoms with Gasteiger partial charge in [0.15, 0.2) is 6.10 Å². The number of hydrogen-bond donors (Lipinski definition) is 0. The molecular formula is C13H17NO3. The number of rotatable bonds is 4. The van der Waals surface area contributed by atoms with E-state index >= 15 is 0 Å². The fourth-order valence-corrected chi connectivity index (χ4v) is 1.74. The van der Waals surface area contributed by atoms with E-state index in [9.17, 15) is 4.79 Å². The summed E-state index contributed by atoms with van der Waals surface area (Å²) >= 11 is 0. The van der Waals surface area contributed by atoms with E-state index in [1.54, 1.807) is 4.90 Å². The molecule has 1 aromatic rings. The molecular weight excluding hydrogens is 218 g/mol. The molecule has 0 radical (unpaired) electrons. The maximum absolute atomic E-state index is 11.3. The normalized spacial score (nSPS) is 19.3. The molecule has 4 nitrogen and oxygen atoms in total. The Bertz CT molecular complexity index is 388. The van der Waals surface area contributed by atoms with Crippen molar-refractivity contribution in [2.24, 2.45) is 0 Å². The van der Waals surface area contributed by atoms with Gasteiger partial charge in [-0.25, -0.2) is 4.79 Å². The van der Waals surface area contributed by atoms with Crippen molar-refractivity contribution < 1.29 is 14.3 Å². The SMILES string of the molecule is CCN1CC(COc2ccc(C)cc2)OC1=O. The second kappa shape index (κ2) is 5.08. The minimum Gasteiger partial charge on any atom is -0.490 e. The third-order valence-corrected chi connectivity index (χ3v) is 2.79. The van der Waals surface area contributed by atoms with Crippen LogP contribution >= 0.6 is 0 Å². The molecule has 1 aliphatic heterocycles. The van der Waals surface area contributed by atoms with Gasteiger partial charge >= 0.3 is 6.09 Å². The average molecular weight is 235 g/mol. The second-order valence-corrected chi connectivity index (χ2v) is 4.17. The van der Waals surface area contributed by atoms with Crippen molar-refractivity contribution in [1.29, 1.82) is 0 Å². The van der Waals surface area contributed by atoms with Crippen LogP contribution in [-0.2, 0) is 4.74 Å². The van der Waals surface area contributed by atoms with Gasteiger partial charge in [-0.1, -0.05) is 17.7 Å². The molecule has 0 spiro atoms. The summed E-state index contributed by atoms with van der Waals surface area (Å²) in [5.41, 5.74) is 1.20. The van der Waals surface area contributed by atoms with Crippen molar-refractivity contribution in [1.82, 2.24) is 4.90 Å². The highest BCUT2D eigenvalue weighted by Crippen LogP contribution is 2.15. The van der Waals surface area contributed by atoms with Crippen LogP contribution in [-0.4, -0.2) is 36.8 Å². The topological polar surface area (TPSA) is 38.8 Å². The molecule has 1 aromatic carbocycles. The number of carbonyl (C=O) groups excluding carboxylic acids is 1. The molecule has 92 valence electrons. The molecule has 2 rings (SSSR count). The lowest BCUT2D eigenvalue weighted by atomic mass is 10.2. The molecule has 1 aliphatic rings. The van der Waals surface area contributed by atoms with Gasteiger partial charge in [-0.15, -0.1) is 0 Å². The summed E-state index contributed by atoms with van der Waals surface area (Å²) < 4.78 is 10.8. The first-order valence-corrected chi connectivity index (χ1v) is 5.84. The zero-order valence-electron chi connectivity index (χ0n) is 10.2. The van der Waals surface area contributed by atoms with E-state index in [2.05, 4.69) is 0 Å². The van der Waals surface area contributed by atoms with E-state index in [1.165, 1.54) is 5.56 Å². The summed E-state index contributed by atoms with van der Waals surface area (Å²) in [5.74, 6) is 0.807. The number of nitrogens with zero attached hydrogens (tertiary/aromatic N) is 1. The number of benzene rings is 1. The quantitative estimate of drug-likeness (QED) is 0.803. The molecule has 0 bridgehead atoms. The molecule has 0 aliphatic carbocycles. The Morgan fingerprint density at radius 2 is 2.12 bits per heavy atom. The van der Waals surface area contributed by atoms with Gasteiger partial charge in [-0.2, -0.15) is 0 Å². The van der Waals surface area contributed by atoms with Crippen molar-refractivity contribution in [3.63, 3.8) is 0 Å². The fraction of sp³-hybridized carbons (Fsp3) is 0.462. The largest absolute Gasteiger partial charge is 0.490 e. The van der Waals surface area contributed by atoms with Crippen LogP contribution in [0.3, 0.4) is 0 Å². The van der Waals surface area contributed by atoms with Crippen LogP contribution in [0, 0.1) is 6.92 Å². The van der Waals surface area contributed by atoms with Gasteiger partial charge in [-0.05, 0) is 26.0 Å². The number of ether oxygens (including phenoxy) is 2. The van der Waals surface area contributed by atoms with Gasteiger partial charge in [0.05, 0.1) is 6.54 Å². The summed E-state index contributed by atoms with van der Waals surface area (Å²) in [6.45, 7) is 5.67. The summed E-state index contributed by atoms with van der Waals surface area (Å²) in [5, 5.41) is 0. The zero-order valence-corrected chi connectivity index (χ0v) is 10.2. The highest BCUT2D eigenvalue weighted by molar-refractivity contribution is 5.69. The third kappa shape index (κ3) is 2.90. The summed E-state index contributed by atoms with van der Waals surface area (Å²) in [7, 11) is 0. The highest BCUT2D eigenvalue weighted by Gasteiger charge is 2.30. The summed E-state index contributed by atoms with van der Waals surface area (Å²) in [6, 6.07) is 7.83. The first-order chi connectivity index (χ1) is 8.19. The van der Waals surface area contributed by atoms with E-state index in [4.69, 9.17) is 9.47 Å². The van der Waals surface area contributed by atoms with Crippen LogP contribution < -0.4 is 4.74 Å². The number of carbonyl (C=O) groups is 1. The summed E-state index contributed by atoms with van der Waals surface area (Å²) in [4.78, 5) is 13.0. The van der Waals surface area contributed by atoms with Crippen LogP contribution in [0.2, 0.25) is 0 Å². The molecule has 17 heavy (non-hydrogen) atoms. The number of amides is 1. The van der Waals surface area contributed by atoms with Crippen molar-refractivity contribution in [2.45, 2.75) is 20.0 Å². The second-order valence-electron chi connectivity index (χ2n) is 4.17. The third-order valence-electron chi connectivity index (χ3n) is 2.79. The molecule has 0 saturated carbocycles. The predicted molar refractivity (Wildman–Crippen MR) is 64.2 cm³/mol. The Hall–Kier alpha value is -1.71. The van der Waals surface area contributed by atoms with Crippen LogP contribution in [0.4, 0.5) is 4.79 Å². The Kier molecular flexibility index (Phi) is 3.52. The Balaban J connectivity index is 1.83.